The van der Waals surface area contributed by atoms with Crippen LogP contribution < -0.4 is 19.1 Å². The van der Waals surface area contributed by atoms with Gasteiger partial charge in [-0.3, -0.25) is 24.5 Å². The maximum absolute atomic E-state index is 14.3. The third-order valence-corrected chi connectivity index (χ3v) is 8.97. The van der Waals surface area contributed by atoms with Crippen molar-refractivity contribution >= 4 is 57.1 Å². The van der Waals surface area contributed by atoms with E-state index in [4.69, 9.17) is 25.8 Å². The van der Waals surface area contributed by atoms with Crippen LogP contribution in [0.2, 0.25) is 5.02 Å². The summed E-state index contributed by atoms with van der Waals surface area (Å²) >= 11 is 6.41. The van der Waals surface area contributed by atoms with Gasteiger partial charge in [0.15, 0.2) is 11.5 Å². The molecule has 4 aromatic carbocycles. The highest BCUT2D eigenvalue weighted by Gasteiger charge is 2.61. The lowest BCUT2D eigenvalue weighted by Crippen LogP contribution is -2.42. The Hall–Kier alpha value is -5.22. The first-order valence-electron chi connectivity index (χ1n) is 13.5. The van der Waals surface area contributed by atoms with E-state index >= 15 is 0 Å². The summed E-state index contributed by atoms with van der Waals surface area (Å²) in [7, 11) is 0. The lowest BCUT2D eigenvalue weighted by Gasteiger charge is -2.38. The number of fused-ring (bicyclic) bond motifs is 8. The van der Waals surface area contributed by atoms with Gasteiger partial charge in [-0.25, -0.2) is 4.90 Å². The fourth-order valence-electron chi connectivity index (χ4n) is 6.76. The fraction of sp³-hybridized carbons (Fsp3) is 0.156. The summed E-state index contributed by atoms with van der Waals surface area (Å²) in [6.07, 6.45) is 1.86. The van der Waals surface area contributed by atoms with Crippen LogP contribution in [0.4, 0.5) is 11.4 Å². The molecule has 212 valence electrons. The second-order valence-corrected chi connectivity index (χ2v) is 11.2. The Labute approximate surface area is 248 Å². The molecule has 0 unspecified atom stereocenters. The van der Waals surface area contributed by atoms with E-state index in [9.17, 15) is 24.5 Å². The lowest BCUT2D eigenvalue weighted by atomic mass is 9.64. The molecular weight excluding hydrogens is 576 g/mol. The van der Waals surface area contributed by atoms with Crippen LogP contribution in [-0.2, 0) is 14.4 Å². The number of halogens is 1. The van der Waals surface area contributed by atoms with E-state index in [1.165, 1.54) is 12.1 Å². The molecule has 3 heterocycles. The number of imide groups is 1. The van der Waals surface area contributed by atoms with E-state index in [1.54, 1.807) is 18.2 Å². The summed E-state index contributed by atoms with van der Waals surface area (Å²) in [5.41, 5.74) is 1.47. The molecule has 0 aromatic heterocycles. The zero-order valence-corrected chi connectivity index (χ0v) is 22.8. The Balaban J connectivity index is 1.34. The molecule has 0 radical (unpaired) electrons. The summed E-state index contributed by atoms with van der Waals surface area (Å²) in [4.78, 5) is 54.1. The SMILES string of the molecule is O=C1Oc2c(ccc3ccccc23)C2=C[C@H](c3ccc4c(c3)OCO4)[C@@H]3C(=O)N(c4cc([N+](=O)[O-])ccc4Cl)C(=O)[C@@H]3[C@@H]12. The summed E-state index contributed by atoms with van der Waals surface area (Å²) in [6, 6.07) is 20.2. The van der Waals surface area contributed by atoms with Crippen molar-refractivity contribution in [2.45, 2.75) is 5.92 Å². The van der Waals surface area contributed by atoms with Gasteiger partial charge >= 0.3 is 5.97 Å². The van der Waals surface area contributed by atoms with Crippen LogP contribution in [0.5, 0.6) is 17.2 Å². The van der Waals surface area contributed by atoms with Crippen LogP contribution in [0.3, 0.4) is 0 Å². The highest BCUT2D eigenvalue weighted by molar-refractivity contribution is 6.36. The van der Waals surface area contributed by atoms with Gasteiger partial charge in [-0.15, -0.1) is 0 Å². The number of nitro benzene ring substituents is 1. The number of nitrogens with zero attached hydrogens (tertiary/aromatic N) is 2. The third kappa shape index (κ3) is 3.63. The van der Waals surface area contributed by atoms with Crippen molar-refractivity contribution in [2.24, 2.45) is 17.8 Å². The molecule has 1 aliphatic carbocycles. The summed E-state index contributed by atoms with van der Waals surface area (Å²) < 4.78 is 17.0. The van der Waals surface area contributed by atoms with Crippen molar-refractivity contribution in [3.63, 3.8) is 0 Å². The standard InChI is InChI=1S/C32H19ClN2O8/c33-22-9-7-17(35(39)40)12-23(22)34-30(36)26-20(16-6-10-24-25(11-16)42-14-41-24)13-21-19-8-5-15-3-1-2-4-18(15)29(19)43-32(38)27(21)28(26)31(34)37/h1-13,20,26-28H,14H2/t20-,26+,27+,28+/m1/s1. The maximum Gasteiger partial charge on any atom is 0.319 e. The van der Waals surface area contributed by atoms with Gasteiger partial charge in [0.1, 0.15) is 5.75 Å². The Morgan fingerprint density at radius 3 is 2.51 bits per heavy atom. The van der Waals surface area contributed by atoms with Crippen molar-refractivity contribution < 1.29 is 33.5 Å². The van der Waals surface area contributed by atoms with E-state index in [0.29, 0.717) is 33.9 Å². The topological polar surface area (TPSA) is 125 Å². The lowest BCUT2D eigenvalue weighted by molar-refractivity contribution is -0.384. The molecule has 4 aliphatic rings. The molecule has 4 atom stereocenters. The van der Waals surface area contributed by atoms with Gasteiger partial charge in [0.05, 0.1) is 33.4 Å². The molecule has 1 fully saturated rings. The van der Waals surface area contributed by atoms with Gasteiger partial charge in [0.25, 0.3) is 5.69 Å². The number of esters is 1. The highest BCUT2D eigenvalue weighted by Crippen LogP contribution is 2.56. The summed E-state index contributed by atoms with van der Waals surface area (Å²) in [5, 5.41) is 13.2. The molecule has 0 N–H and O–H groups in total. The number of non-ortho nitro benzene ring substituents is 1. The molecule has 3 aliphatic heterocycles. The first-order valence-corrected chi connectivity index (χ1v) is 13.9. The minimum absolute atomic E-state index is 0.0122. The van der Waals surface area contributed by atoms with E-state index in [2.05, 4.69) is 0 Å². The quantitative estimate of drug-likeness (QED) is 0.0979. The Bertz CT molecular complexity index is 1990. The Morgan fingerprint density at radius 1 is 0.884 bits per heavy atom. The molecular formula is C32H19ClN2O8. The smallest absolute Gasteiger partial charge is 0.319 e. The number of carbonyl (C=O) groups is 3. The van der Waals surface area contributed by atoms with E-state index in [0.717, 1.165) is 21.7 Å². The molecule has 1 saturated heterocycles. The molecule has 43 heavy (non-hydrogen) atoms. The molecule has 2 amide bonds. The number of hydrogen-bond donors (Lipinski definition) is 0. The number of benzene rings is 4. The minimum Gasteiger partial charge on any atom is -0.454 e. The van der Waals surface area contributed by atoms with Gasteiger partial charge < -0.3 is 14.2 Å². The molecule has 10 nitrogen and oxygen atoms in total. The molecule has 4 aromatic rings. The first-order chi connectivity index (χ1) is 20.8. The van der Waals surface area contributed by atoms with Crippen LogP contribution >= 0.6 is 11.6 Å². The van der Waals surface area contributed by atoms with Crippen LogP contribution in [0.25, 0.3) is 16.3 Å². The number of rotatable bonds is 3. The minimum atomic E-state index is -1.15. The van der Waals surface area contributed by atoms with Crippen LogP contribution in [0.1, 0.15) is 17.0 Å². The van der Waals surface area contributed by atoms with Crippen molar-refractivity contribution in [2.75, 3.05) is 11.7 Å². The van der Waals surface area contributed by atoms with E-state index in [-0.39, 0.29) is 23.2 Å². The molecule has 0 saturated carbocycles. The van der Waals surface area contributed by atoms with E-state index < -0.39 is 46.4 Å². The predicted molar refractivity (Wildman–Crippen MR) is 154 cm³/mol. The molecule has 0 bridgehead atoms. The number of carbonyl (C=O) groups excluding carboxylic acids is 3. The van der Waals surface area contributed by atoms with Crippen LogP contribution in [0.15, 0.2) is 78.9 Å². The van der Waals surface area contributed by atoms with Gasteiger partial charge in [-0.05, 0) is 34.7 Å². The predicted octanol–water partition coefficient (Wildman–Crippen LogP) is 5.65. The van der Waals surface area contributed by atoms with E-state index in [1.807, 2.05) is 42.5 Å². The number of hydrogen-bond acceptors (Lipinski definition) is 8. The van der Waals surface area contributed by atoms with Crippen molar-refractivity contribution in [3.8, 4) is 17.2 Å². The van der Waals surface area contributed by atoms with Crippen molar-refractivity contribution in [3.05, 3.63) is 105 Å². The monoisotopic (exact) mass is 594 g/mol. The summed E-state index contributed by atoms with van der Waals surface area (Å²) in [6.45, 7) is 0.0570. The fourth-order valence-corrected chi connectivity index (χ4v) is 6.96. The summed E-state index contributed by atoms with van der Waals surface area (Å²) in [5.74, 6) is -4.41. The zero-order valence-electron chi connectivity index (χ0n) is 22.1. The van der Waals surface area contributed by atoms with Crippen molar-refractivity contribution in [1.29, 1.82) is 0 Å². The number of amides is 2. The van der Waals surface area contributed by atoms with Gasteiger partial charge in [0.2, 0.25) is 18.6 Å². The Kier molecular flexibility index (Phi) is 5.42. The largest absolute Gasteiger partial charge is 0.454 e. The van der Waals surface area contributed by atoms with Gasteiger partial charge in [-0.1, -0.05) is 60.1 Å². The number of allylic oxidation sites excluding steroid dienone is 1. The second-order valence-electron chi connectivity index (χ2n) is 10.8. The second kappa shape index (κ2) is 9.14. The van der Waals surface area contributed by atoms with Crippen LogP contribution in [-0.4, -0.2) is 29.5 Å². The Morgan fingerprint density at radius 2 is 1.67 bits per heavy atom. The van der Waals surface area contributed by atoms with Crippen molar-refractivity contribution in [1.82, 2.24) is 0 Å². The number of anilines is 1. The number of nitro groups is 1. The highest BCUT2D eigenvalue weighted by atomic mass is 35.5. The van der Waals surface area contributed by atoms with Crippen LogP contribution in [0, 0.1) is 27.9 Å². The van der Waals surface area contributed by atoms with Gasteiger partial charge in [-0.2, -0.15) is 0 Å². The van der Waals surface area contributed by atoms with Gasteiger partial charge in [0, 0.05) is 29.0 Å². The molecule has 11 heteroatoms. The first kappa shape index (κ1) is 25.5. The molecule has 0 spiro atoms. The zero-order chi connectivity index (χ0) is 29.6. The normalized spacial score (nSPS) is 23.4. The maximum atomic E-state index is 14.3. The average Bonchev–Trinajstić information content (AvgIpc) is 3.58. The average molecular weight is 595 g/mol. The third-order valence-electron chi connectivity index (χ3n) is 8.65. The molecule has 8 rings (SSSR count). The number of ether oxygens (including phenoxy) is 3.